The summed E-state index contributed by atoms with van der Waals surface area (Å²) in [7, 11) is 0. The molecule has 0 bridgehead atoms. The lowest BCUT2D eigenvalue weighted by molar-refractivity contribution is 0.589. The molecule has 0 aliphatic heterocycles. The SMILES string of the molecule is CCn1cc(CNC(C)C)c2ccc(CN)cc21. The number of hydrogen-bond donors (Lipinski definition) is 2. The van der Waals surface area contributed by atoms with Crippen molar-refractivity contribution in [1.29, 1.82) is 0 Å². The van der Waals surface area contributed by atoms with Gasteiger partial charge in [0, 0.05) is 42.8 Å². The van der Waals surface area contributed by atoms with Gasteiger partial charge in [-0.15, -0.1) is 0 Å². The largest absolute Gasteiger partial charge is 0.347 e. The number of aryl methyl sites for hydroxylation is 1. The highest BCUT2D eigenvalue weighted by Crippen LogP contribution is 2.23. The van der Waals surface area contributed by atoms with Crippen molar-refractivity contribution in [3.8, 4) is 0 Å². The molecule has 0 fully saturated rings. The van der Waals surface area contributed by atoms with Crippen LogP contribution in [0.4, 0.5) is 0 Å². The minimum atomic E-state index is 0.508. The van der Waals surface area contributed by atoms with Crippen molar-refractivity contribution in [2.75, 3.05) is 0 Å². The molecule has 0 radical (unpaired) electrons. The summed E-state index contributed by atoms with van der Waals surface area (Å²) in [5.41, 5.74) is 9.57. The summed E-state index contributed by atoms with van der Waals surface area (Å²) in [5.74, 6) is 0. The molecule has 0 saturated carbocycles. The highest BCUT2D eigenvalue weighted by atomic mass is 15.0. The molecule has 0 aliphatic carbocycles. The first kappa shape index (κ1) is 13.1. The van der Waals surface area contributed by atoms with Gasteiger partial charge in [0.1, 0.15) is 0 Å². The molecule has 98 valence electrons. The number of nitrogens with one attached hydrogen (secondary N) is 1. The van der Waals surface area contributed by atoms with Gasteiger partial charge in [0.2, 0.25) is 0 Å². The molecular weight excluding hydrogens is 222 g/mol. The van der Waals surface area contributed by atoms with E-state index in [4.69, 9.17) is 5.73 Å². The number of benzene rings is 1. The van der Waals surface area contributed by atoms with Crippen LogP contribution in [0.5, 0.6) is 0 Å². The summed E-state index contributed by atoms with van der Waals surface area (Å²) in [6.07, 6.45) is 2.25. The van der Waals surface area contributed by atoms with Crippen LogP contribution in [0.1, 0.15) is 31.9 Å². The Morgan fingerprint density at radius 1 is 1.33 bits per heavy atom. The van der Waals surface area contributed by atoms with Gasteiger partial charge in [0.15, 0.2) is 0 Å². The summed E-state index contributed by atoms with van der Waals surface area (Å²) in [6.45, 7) is 9.03. The summed E-state index contributed by atoms with van der Waals surface area (Å²) in [6, 6.07) is 7.04. The molecule has 1 heterocycles. The van der Waals surface area contributed by atoms with E-state index in [0.29, 0.717) is 12.6 Å². The molecule has 1 aromatic heterocycles. The van der Waals surface area contributed by atoms with E-state index in [9.17, 15) is 0 Å². The van der Waals surface area contributed by atoms with E-state index < -0.39 is 0 Å². The van der Waals surface area contributed by atoms with Crippen molar-refractivity contribution >= 4 is 10.9 Å². The fourth-order valence-corrected chi connectivity index (χ4v) is 2.26. The molecule has 3 nitrogen and oxygen atoms in total. The van der Waals surface area contributed by atoms with Gasteiger partial charge >= 0.3 is 0 Å². The quantitative estimate of drug-likeness (QED) is 0.850. The third-order valence-electron chi connectivity index (χ3n) is 3.31. The maximum Gasteiger partial charge on any atom is 0.0486 e. The monoisotopic (exact) mass is 245 g/mol. The molecule has 2 aromatic rings. The smallest absolute Gasteiger partial charge is 0.0486 e. The zero-order chi connectivity index (χ0) is 13.1. The molecule has 0 saturated heterocycles. The first-order chi connectivity index (χ1) is 8.65. The summed E-state index contributed by atoms with van der Waals surface area (Å²) in [4.78, 5) is 0. The van der Waals surface area contributed by atoms with Gasteiger partial charge in [0.25, 0.3) is 0 Å². The lowest BCUT2D eigenvalue weighted by Crippen LogP contribution is -2.21. The van der Waals surface area contributed by atoms with Crippen LogP contribution in [0.25, 0.3) is 10.9 Å². The molecule has 3 heteroatoms. The van der Waals surface area contributed by atoms with Gasteiger partial charge in [-0.25, -0.2) is 0 Å². The molecule has 0 unspecified atom stereocenters. The van der Waals surface area contributed by atoms with Gasteiger partial charge in [0.05, 0.1) is 0 Å². The predicted octanol–water partition coefficient (Wildman–Crippen LogP) is 2.62. The summed E-state index contributed by atoms with van der Waals surface area (Å²) >= 11 is 0. The molecule has 3 N–H and O–H groups in total. The third kappa shape index (κ3) is 2.57. The zero-order valence-electron chi connectivity index (χ0n) is 11.5. The first-order valence-electron chi connectivity index (χ1n) is 6.69. The molecular formula is C15H23N3. The molecule has 0 spiro atoms. The topological polar surface area (TPSA) is 43.0 Å². The third-order valence-corrected chi connectivity index (χ3v) is 3.31. The van der Waals surface area contributed by atoms with E-state index in [-0.39, 0.29) is 0 Å². The Hall–Kier alpha value is -1.32. The Bertz CT molecular complexity index is 526. The second-order valence-corrected chi connectivity index (χ2v) is 5.03. The summed E-state index contributed by atoms with van der Waals surface area (Å²) in [5, 5.41) is 4.82. The normalized spacial score (nSPS) is 11.6. The van der Waals surface area contributed by atoms with Crippen LogP contribution < -0.4 is 11.1 Å². The molecule has 1 aromatic carbocycles. The number of nitrogens with two attached hydrogens (primary N) is 1. The average Bonchev–Trinajstić information content (AvgIpc) is 2.73. The van der Waals surface area contributed by atoms with Crippen LogP contribution in [0, 0.1) is 0 Å². The summed E-state index contributed by atoms with van der Waals surface area (Å²) < 4.78 is 2.30. The van der Waals surface area contributed by atoms with Gasteiger partial charge in [-0.3, -0.25) is 0 Å². The van der Waals surface area contributed by atoms with Crippen LogP contribution in [-0.4, -0.2) is 10.6 Å². The lowest BCUT2D eigenvalue weighted by atomic mass is 10.1. The van der Waals surface area contributed by atoms with Gasteiger partial charge < -0.3 is 15.6 Å². The van der Waals surface area contributed by atoms with E-state index in [1.807, 2.05) is 0 Å². The average molecular weight is 245 g/mol. The number of aromatic nitrogens is 1. The maximum atomic E-state index is 5.72. The maximum absolute atomic E-state index is 5.72. The molecule has 0 amide bonds. The number of nitrogens with zero attached hydrogens (tertiary/aromatic N) is 1. The Morgan fingerprint density at radius 3 is 2.72 bits per heavy atom. The van der Waals surface area contributed by atoms with Crippen LogP contribution in [0.2, 0.25) is 0 Å². The van der Waals surface area contributed by atoms with Crippen LogP contribution in [0.3, 0.4) is 0 Å². The number of rotatable bonds is 5. The number of fused-ring (bicyclic) bond motifs is 1. The molecule has 0 atom stereocenters. The van der Waals surface area contributed by atoms with E-state index >= 15 is 0 Å². The Morgan fingerprint density at radius 2 is 2.11 bits per heavy atom. The van der Waals surface area contributed by atoms with Crippen molar-refractivity contribution in [2.45, 2.75) is 46.4 Å². The van der Waals surface area contributed by atoms with Crippen LogP contribution in [-0.2, 0) is 19.6 Å². The lowest BCUT2D eigenvalue weighted by Gasteiger charge is -2.06. The van der Waals surface area contributed by atoms with Crippen molar-refractivity contribution in [2.24, 2.45) is 5.73 Å². The van der Waals surface area contributed by atoms with E-state index in [1.54, 1.807) is 0 Å². The first-order valence-corrected chi connectivity index (χ1v) is 6.69. The molecule has 2 rings (SSSR count). The Balaban J connectivity index is 2.42. The van der Waals surface area contributed by atoms with Crippen molar-refractivity contribution in [3.63, 3.8) is 0 Å². The van der Waals surface area contributed by atoms with Gasteiger partial charge in [-0.1, -0.05) is 26.0 Å². The van der Waals surface area contributed by atoms with Crippen molar-refractivity contribution in [3.05, 3.63) is 35.5 Å². The van der Waals surface area contributed by atoms with E-state index in [2.05, 4.69) is 55.1 Å². The Labute approximate surface area is 109 Å². The van der Waals surface area contributed by atoms with E-state index in [1.165, 1.54) is 22.0 Å². The predicted molar refractivity (Wildman–Crippen MR) is 77.5 cm³/mol. The number of hydrogen-bond acceptors (Lipinski definition) is 2. The van der Waals surface area contributed by atoms with E-state index in [0.717, 1.165) is 13.1 Å². The molecule has 0 aliphatic rings. The van der Waals surface area contributed by atoms with Crippen LogP contribution in [0.15, 0.2) is 24.4 Å². The highest BCUT2D eigenvalue weighted by Gasteiger charge is 2.08. The second kappa shape index (κ2) is 5.55. The fraction of sp³-hybridized carbons (Fsp3) is 0.467. The van der Waals surface area contributed by atoms with Crippen molar-refractivity contribution < 1.29 is 0 Å². The minimum Gasteiger partial charge on any atom is -0.347 e. The Kier molecular flexibility index (Phi) is 4.04. The van der Waals surface area contributed by atoms with Gasteiger partial charge in [-0.05, 0) is 24.1 Å². The second-order valence-electron chi connectivity index (χ2n) is 5.03. The van der Waals surface area contributed by atoms with Crippen LogP contribution >= 0.6 is 0 Å². The van der Waals surface area contributed by atoms with Gasteiger partial charge in [-0.2, -0.15) is 0 Å². The standard InChI is InChI=1S/C15H23N3/c1-4-18-10-13(9-17-11(2)3)14-6-5-12(8-16)7-15(14)18/h5-7,10-11,17H,4,8-9,16H2,1-3H3. The van der Waals surface area contributed by atoms with Crippen molar-refractivity contribution in [1.82, 2.24) is 9.88 Å². The fourth-order valence-electron chi connectivity index (χ4n) is 2.26. The zero-order valence-corrected chi connectivity index (χ0v) is 11.5. The highest BCUT2D eigenvalue weighted by molar-refractivity contribution is 5.84. The molecule has 18 heavy (non-hydrogen) atoms. The minimum absolute atomic E-state index is 0.508.